The molecule has 0 spiro atoms. The maximum Gasteiger partial charge on any atom is 0.273 e. The number of imide groups is 1. The highest BCUT2D eigenvalue weighted by atomic mass is 16.3. The highest BCUT2D eigenvalue weighted by Gasteiger charge is 2.52. The van der Waals surface area contributed by atoms with E-state index in [0.29, 0.717) is 11.2 Å². The van der Waals surface area contributed by atoms with Gasteiger partial charge in [-0.2, -0.15) is 0 Å². The zero-order valence-corrected chi connectivity index (χ0v) is 11.8. The first-order chi connectivity index (χ1) is 10.4. The number of benzene rings is 1. The summed E-state index contributed by atoms with van der Waals surface area (Å²) in [6.07, 6.45) is -0.116. The Balaban J connectivity index is 2.53. The Morgan fingerprint density at radius 2 is 2.09 bits per heavy atom. The van der Waals surface area contributed by atoms with Crippen molar-refractivity contribution in [3.63, 3.8) is 0 Å². The van der Waals surface area contributed by atoms with Crippen molar-refractivity contribution >= 4 is 29.7 Å². The topological polar surface area (TPSA) is 130 Å². The first-order valence-electron chi connectivity index (χ1n) is 6.54. The van der Waals surface area contributed by atoms with E-state index < -0.39 is 29.9 Å². The number of nitrogens with zero attached hydrogens (tertiary/aromatic N) is 1. The van der Waals surface area contributed by atoms with Crippen molar-refractivity contribution in [3.05, 3.63) is 29.3 Å². The number of nitrogen functional groups attached to an aromatic ring is 1. The standard InChI is InChI=1S/C14H15N3O5/c1-16-13(21)14(22,6-3-7-18)17-11(19)8-4-2-5-9(15)10(8)12(17)20/h2,4-5,7,22H,3,6,15H2,1H3,(H,16,21). The van der Waals surface area contributed by atoms with Crippen molar-refractivity contribution in [1.29, 1.82) is 0 Å². The molecule has 1 atom stereocenters. The predicted molar refractivity (Wildman–Crippen MR) is 75.7 cm³/mol. The maximum absolute atomic E-state index is 12.5. The van der Waals surface area contributed by atoms with Crippen LogP contribution in [-0.2, 0) is 9.59 Å². The van der Waals surface area contributed by atoms with Crippen LogP contribution in [0.4, 0.5) is 5.69 Å². The zero-order valence-electron chi connectivity index (χ0n) is 11.8. The number of fused-ring (bicyclic) bond motifs is 1. The van der Waals surface area contributed by atoms with Gasteiger partial charge in [-0.1, -0.05) is 6.07 Å². The molecule has 1 unspecified atom stereocenters. The van der Waals surface area contributed by atoms with Crippen LogP contribution in [0.1, 0.15) is 33.6 Å². The van der Waals surface area contributed by atoms with Gasteiger partial charge in [0.25, 0.3) is 17.7 Å². The van der Waals surface area contributed by atoms with Gasteiger partial charge in [-0.05, 0) is 12.1 Å². The molecule has 0 saturated carbocycles. The summed E-state index contributed by atoms with van der Waals surface area (Å²) in [6, 6.07) is 4.32. The van der Waals surface area contributed by atoms with E-state index in [4.69, 9.17) is 5.73 Å². The molecule has 1 aromatic carbocycles. The van der Waals surface area contributed by atoms with E-state index in [1.165, 1.54) is 25.2 Å². The van der Waals surface area contributed by atoms with Gasteiger partial charge in [-0.3, -0.25) is 14.4 Å². The minimum Gasteiger partial charge on any atom is -0.398 e. The number of aliphatic hydroxyl groups is 1. The van der Waals surface area contributed by atoms with E-state index in [0.717, 1.165) is 0 Å². The maximum atomic E-state index is 12.5. The van der Waals surface area contributed by atoms with Gasteiger partial charge in [-0.25, -0.2) is 4.90 Å². The number of anilines is 1. The van der Waals surface area contributed by atoms with Crippen LogP contribution in [-0.4, -0.2) is 46.8 Å². The molecular weight excluding hydrogens is 290 g/mol. The molecule has 1 heterocycles. The first-order valence-corrected chi connectivity index (χ1v) is 6.54. The predicted octanol–water partition coefficient (Wildman–Crippen LogP) is -0.721. The van der Waals surface area contributed by atoms with E-state index in [1.807, 2.05) is 0 Å². The minimum absolute atomic E-state index is 0.0124. The molecule has 1 aliphatic rings. The van der Waals surface area contributed by atoms with E-state index in [2.05, 4.69) is 5.32 Å². The molecule has 8 nitrogen and oxygen atoms in total. The van der Waals surface area contributed by atoms with Crippen molar-refractivity contribution in [2.24, 2.45) is 0 Å². The van der Waals surface area contributed by atoms with Crippen LogP contribution in [0.25, 0.3) is 0 Å². The normalized spacial score (nSPS) is 16.2. The quantitative estimate of drug-likeness (QED) is 0.374. The number of likely N-dealkylation sites (N-methyl/N-ethyl adjacent to an activating group) is 1. The average molecular weight is 305 g/mol. The Morgan fingerprint density at radius 1 is 1.41 bits per heavy atom. The van der Waals surface area contributed by atoms with Crippen LogP contribution in [0.15, 0.2) is 18.2 Å². The molecule has 2 rings (SSSR count). The summed E-state index contributed by atoms with van der Waals surface area (Å²) >= 11 is 0. The molecule has 0 aromatic heterocycles. The van der Waals surface area contributed by atoms with Crippen LogP contribution < -0.4 is 11.1 Å². The Labute approximate surface area is 125 Å². The number of hydrogen-bond acceptors (Lipinski definition) is 6. The van der Waals surface area contributed by atoms with Gasteiger partial charge in [0, 0.05) is 25.6 Å². The SMILES string of the molecule is CNC(=O)C(O)(CCC=O)N1C(=O)c2cccc(N)c2C1=O. The molecule has 0 fully saturated rings. The number of hydrogen-bond donors (Lipinski definition) is 3. The number of aldehydes is 1. The highest BCUT2D eigenvalue weighted by Crippen LogP contribution is 2.33. The Bertz CT molecular complexity index is 672. The molecule has 0 aliphatic carbocycles. The van der Waals surface area contributed by atoms with Crippen LogP contribution in [0, 0.1) is 0 Å². The summed E-state index contributed by atoms with van der Waals surface area (Å²) < 4.78 is 0. The molecule has 0 bridgehead atoms. The summed E-state index contributed by atoms with van der Waals surface area (Å²) in [4.78, 5) is 47.9. The van der Waals surface area contributed by atoms with E-state index >= 15 is 0 Å². The number of carbonyl (C=O) groups is 4. The Kier molecular flexibility index (Phi) is 3.96. The summed E-state index contributed by atoms with van der Waals surface area (Å²) in [5, 5.41) is 12.8. The summed E-state index contributed by atoms with van der Waals surface area (Å²) in [5.74, 6) is -2.65. The van der Waals surface area contributed by atoms with Crippen molar-refractivity contribution in [2.45, 2.75) is 18.6 Å². The van der Waals surface area contributed by atoms with E-state index in [1.54, 1.807) is 0 Å². The molecule has 3 amide bonds. The van der Waals surface area contributed by atoms with Crippen LogP contribution >= 0.6 is 0 Å². The smallest absolute Gasteiger partial charge is 0.273 e. The average Bonchev–Trinajstić information content (AvgIpc) is 2.77. The van der Waals surface area contributed by atoms with Crippen LogP contribution in [0.2, 0.25) is 0 Å². The van der Waals surface area contributed by atoms with Crippen LogP contribution in [0.3, 0.4) is 0 Å². The number of nitrogens with two attached hydrogens (primary N) is 1. The van der Waals surface area contributed by atoms with Crippen molar-refractivity contribution in [1.82, 2.24) is 10.2 Å². The van der Waals surface area contributed by atoms with Gasteiger partial charge in [0.2, 0.25) is 5.72 Å². The number of amides is 3. The molecular formula is C14H15N3O5. The third kappa shape index (κ3) is 2.13. The van der Waals surface area contributed by atoms with Gasteiger partial charge in [0.05, 0.1) is 11.1 Å². The fraction of sp³-hybridized carbons (Fsp3) is 0.286. The second kappa shape index (κ2) is 5.57. The van der Waals surface area contributed by atoms with E-state index in [9.17, 15) is 24.3 Å². The number of nitrogens with one attached hydrogen (secondary N) is 1. The number of rotatable bonds is 5. The van der Waals surface area contributed by atoms with Crippen molar-refractivity contribution in [2.75, 3.05) is 12.8 Å². The largest absolute Gasteiger partial charge is 0.398 e. The molecule has 0 radical (unpaired) electrons. The zero-order chi connectivity index (χ0) is 16.5. The fourth-order valence-electron chi connectivity index (χ4n) is 2.43. The third-order valence-corrected chi connectivity index (χ3v) is 3.52. The summed E-state index contributed by atoms with van der Waals surface area (Å²) in [7, 11) is 1.25. The van der Waals surface area contributed by atoms with Gasteiger partial charge in [0.15, 0.2) is 0 Å². The lowest BCUT2D eigenvalue weighted by Crippen LogP contribution is -2.60. The van der Waals surface area contributed by atoms with Gasteiger partial charge < -0.3 is 21.0 Å². The highest BCUT2D eigenvalue weighted by molar-refractivity contribution is 6.25. The molecule has 0 saturated heterocycles. The molecule has 22 heavy (non-hydrogen) atoms. The lowest BCUT2D eigenvalue weighted by Gasteiger charge is -2.33. The summed E-state index contributed by atoms with van der Waals surface area (Å²) in [6.45, 7) is 0. The second-order valence-corrected chi connectivity index (χ2v) is 4.82. The van der Waals surface area contributed by atoms with Crippen molar-refractivity contribution < 1.29 is 24.3 Å². The minimum atomic E-state index is -2.45. The molecule has 4 N–H and O–H groups in total. The van der Waals surface area contributed by atoms with Crippen molar-refractivity contribution in [3.8, 4) is 0 Å². The first kappa shape index (κ1) is 15.6. The second-order valence-electron chi connectivity index (χ2n) is 4.82. The molecule has 1 aliphatic heterocycles. The van der Waals surface area contributed by atoms with E-state index in [-0.39, 0.29) is 23.2 Å². The van der Waals surface area contributed by atoms with Gasteiger partial charge >= 0.3 is 0 Å². The molecule has 116 valence electrons. The monoisotopic (exact) mass is 305 g/mol. The lowest BCUT2D eigenvalue weighted by atomic mass is 10.0. The fourth-order valence-corrected chi connectivity index (χ4v) is 2.43. The Hall–Kier alpha value is -2.74. The molecule has 8 heteroatoms. The van der Waals surface area contributed by atoms with Gasteiger partial charge in [0.1, 0.15) is 6.29 Å². The third-order valence-electron chi connectivity index (χ3n) is 3.52. The lowest BCUT2D eigenvalue weighted by molar-refractivity contribution is -0.154. The molecule has 1 aromatic rings. The summed E-state index contributed by atoms with van der Waals surface area (Å²) in [5.41, 5.74) is 3.29. The van der Waals surface area contributed by atoms with Crippen LogP contribution in [0.5, 0.6) is 0 Å². The Morgan fingerprint density at radius 3 is 2.64 bits per heavy atom. The number of carbonyl (C=O) groups excluding carboxylic acids is 4. The van der Waals surface area contributed by atoms with Gasteiger partial charge in [-0.15, -0.1) is 0 Å².